The maximum Gasteiger partial charge on any atom is 0.168 e. The molecule has 0 saturated carbocycles. The van der Waals surface area contributed by atoms with Crippen molar-refractivity contribution in [2.24, 2.45) is 0 Å². The number of hydrogen-bond acceptors (Lipinski definition) is 3. The number of rotatable bonds is 6. The first-order chi connectivity index (χ1) is 11.7. The summed E-state index contributed by atoms with van der Waals surface area (Å²) in [6.45, 7) is 9.19. The van der Waals surface area contributed by atoms with Crippen LogP contribution in [0.2, 0.25) is 0 Å². The molecule has 1 aromatic heterocycles. The molecule has 0 bridgehead atoms. The summed E-state index contributed by atoms with van der Waals surface area (Å²) in [6, 6.07) is 4.02. The van der Waals surface area contributed by atoms with E-state index in [-0.39, 0.29) is 0 Å². The predicted molar refractivity (Wildman–Crippen MR) is 101 cm³/mol. The number of carbonyl (C=O) groups excluding carboxylic acids is 1. The summed E-state index contributed by atoms with van der Waals surface area (Å²) in [5.41, 5.74) is 5.05. The summed E-state index contributed by atoms with van der Waals surface area (Å²) in [6.07, 6.45) is 13.0. The first-order valence-electron chi connectivity index (χ1n) is 8.84. The molecule has 0 unspecified atom stereocenters. The third-order valence-electron chi connectivity index (χ3n) is 4.44. The van der Waals surface area contributed by atoms with E-state index in [1.807, 2.05) is 19.1 Å². The van der Waals surface area contributed by atoms with E-state index in [1.165, 1.54) is 11.1 Å². The number of hydrogen-bond donors (Lipinski definition) is 0. The summed E-state index contributed by atoms with van der Waals surface area (Å²) >= 11 is 0. The molecule has 0 radical (unpaired) electrons. The molecule has 1 aliphatic heterocycles. The molecule has 0 fully saturated rings. The van der Waals surface area contributed by atoms with Gasteiger partial charge in [0.15, 0.2) is 6.29 Å². The lowest BCUT2D eigenvalue weighted by molar-refractivity contribution is 0.111. The molecule has 0 amide bonds. The molecule has 0 atom stereocenters. The van der Waals surface area contributed by atoms with Crippen molar-refractivity contribution >= 4 is 11.9 Å². The molecule has 24 heavy (non-hydrogen) atoms. The molecule has 0 N–H and O–H groups in total. The number of pyridine rings is 1. The van der Waals surface area contributed by atoms with Gasteiger partial charge in [-0.25, -0.2) is 4.98 Å². The van der Waals surface area contributed by atoms with Gasteiger partial charge in [-0.05, 0) is 62.4 Å². The van der Waals surface area contributed by atoms with Crippen LogP contribution >= 0.6 is 0 Å². The highest BCUT2D eigenvalue weighted by atomic mass is 16.1. The van der Waals surface area contributed by atoms with Crippen molar-refractivity contribution in [1.29, 1.82) is 0 Å². The molecule has 3 nitrogen and oxygen atoms in total. The van der Waals surface area contributed by atoms with Gasteiger partial charge in [-0.1, -0.05) is 37.3 Å². The third-order valence-corrected chi connectivity index (χ3v) is 4.44. The minimum Gasteiger partial charge on any atom is -0.296 e. The molecule has 1 aromatic rings. The van der Waals surface area contributed by atoms with Gasteiger partial charge in [-0.3, -0.25) is 9.69 Å². The van der Waals surface area contributed by atoms with Crippen LogP contribution in [0.25, 0.3) is 5.57 Å². The minimum absolute atomic E-state index is 0.551. The van der Waals surface area contributed by atoms with Crippen LogP contribution in [0, 0.1) is 6.92 Å². The van der Waals surface area contributed by atoms with Gasteiger partial charge in [0.25, 0.3) is 0 Å². The van der Waals surface area contributed by atoms with Gasteiger partial charge in [-0.15, -0.1) is 0 Å². The van der Waals surface area contributed by atoms with Gasteiger partial charge >= 0.3 is 0 Å². The Hall–Kier alpha value is -2.00. The summed E-state index contributed by atoms with van der Waals surface area (Å²) in [5.74, 6) is 0. The third kappa shape index (κ3) is 5.00. The van der Waals surface area contributed by atoms with E-state index in [1.54, 1.807) is 0 Å². The average molecular weight is 324 g/mol. The first kappa shape index (κ1) is 18.3. The number of aryl methyl sites for hydroxylation is 1. The zero-order valence-electron chi connectivity index (χ0n) is 15.1. The van der Waals surface area contributed by atoms with E-state index in [0.29, 0.717) is 5.69 Å². The van der Waals surface area contributed by atoms with E-state index in [9.17, 15) is 4.79 Å². The zero-order chi connectivity index (χ0) is 17.4. The van der Waals surface area contributed by atoms with Crippen molar-refractivity contribution in [2.45, 2.75) is 40.0 Å². The molecular weight excluding hydrogens is 296 g/mol. The smallest absolute Gasteiger partial charge is 0.168 e. The van der Waals surface area contributed by atoms with Gasteiger partial charge in [0, 0.05) is 13.1 Å². The molecule has 0 spiro atoms. The van der Waals surface area contributed by atoms with Crippen molar-refractivity contribution in [3.05, 3.63) is 59.0 Å². The molecular formula is C21H28N2O. The fourth-order valence-corrected chi connectivity index (χ4v) is 2.91. The Kier molecular flexibility index (Phi) is 7.13. The van der Waals surface area contributed by atoms with Gasteiger partial charge in [0.1, 0.15) is 5.69 Å². The SMILES string of the molecule is C/C=C(\C=C/CC)CN1CC=C(c2ccc(C)c(C=O)n2)CCC1. The normalized spacial score (nSPS) is 17.0. The fourth-order valence-electron chi connectivity index (χ4n) is 2.91. The highest BCUT2D eigenvalue weighted by molar-refractivity contribution is 5.76. The second-order valence-corrected chi connectivity index (χ2v) is 6.26. The van der Waals surface area contributed by atoms with Crippen LogP contribution in [0.3, 0.4) is 0 Å². The number of aldehydes is 1. The number of aromatic nitrogens is 1. The standard InChI is InChI=1S/C21H28N2O/c1-4-6-8-18(5-2)15-23-13-7-9-19(12-14-23)20-11-10-17(3)21(16-24)22-20/h5-6,8,10-12,16H,4,7,9,13-15H2,1-3H3/b8-6-,18-5+. The Balaban J connectivity index is 2.09. The second-order valence-electron chi connectivity index (χ2n) is 6.26. The molecule has 0 saturated heterocycles. The van der Waals surface area contributed by atoms with Crippen molar-refractivity contribution in [3.8, 4) is 0 Å². The van der Waals surface area contributed by atoms with E-state index in [4.69, 9.17) is 0 Å². The molecule has 0 aliphatic carbocycles. The van der Waals surface area contributed by atoms with E-state index in [2.05, 4.69) is 48.0 Å². The van der Waals surface area contributed by atoms with Crippen molar-refractivity contribution in [3.63, 3.8) is 0 Å². The van der Waals surface area contributed by atoms with Gasteiger partial charge < -0.3 is 0 Å². The van der Waals surface area contributed by atoms with Crippen LogP contribution in [-0.2, 0) is 0 Å². The van der Waals surface area contributed by atoms with Crippen LogP contribution in [0.1, 0.15) is 54.9 Å². The van der Waals surface area contributed by atoms with Crippen LogP contribution in [0.15, 0.2) is 42.0 Å². The summed E-state index contributed by atoms with van der Waals surface area (Å²) in [4.78, 5) is 18.1. The largest absolute Gasteiger partial charge is 0.296 e. The Labute approximate surface area is 145 Å². The lowest BCUT2D eigenvalue weighted by atomic mass is 10.1. The molecule has 128 valence electrons. The van der Waals surface area contributed by atoms with Crippen LogP contribution in [-0.4, -0.2) is 35.8 Å². The maximum atomic E-state index is 11.1. The van der Waals surface area contributed by atoms with Crippen molar-refractivity contribution in [2.75, 3.05) is 19.6 Å². The molecule has 3 heteroatoms. The topological polar surface area (TPSA) is 33.2 Å². The van der Waals surface area contributed by atoms with Gasteiger partial charge in [0.05, 0.1) is 5.69 Å². The van der Waals surface area contributed by atoms with Crippen LogP contribution < -0.4 is 0 Å². The second kappa shape index (κ2) is 9.33. The number of nitrogens with zero attached hydrogens (tertiary/aromatic N) is 2. The van der Waals surface area contributed by atoms with Crippen LogP contribution in [0.5, 0.6) is 0 Å². The monoisotopic (exact) mass is 324 g/mol. The number of carbonyl (C=O) groups is 1. The van der Waals surface area contributed by atoms with E-state index < -0.39 is 0 Å². The Morgan fingerprint density at radius 2 is 2.21 bits per heavy atom. The highest BCUT2D eigenvalue weighted by Gasteiger charge is 2.13. The number of allylic oxidation sites excluding steroid dienone is 3. The van der Waals surface area contributed by atoms with Crippen LogP contribution in [0.4, 0.5) is 0 Å². The average Bonchev–Trinajstić information content (AvgIpc) is 2.84. The molecule has 1 aliphatic rings. The lowest BCUT2D eigenvalue weighted by Crippen LogP contribution is -2.26. The maximum absolute atomic E-state index is 11.1. The highest BCUT2D eigenvalue weighted by Crippen LogP contribution is 2.22. The van der Waals surface area contributed by atoms with Gasteiger partial charge in [0.2, 0.25) is 0 Å². The minimum atomic E-state index is 0.551. The summed E-state index contributed by atoms with van der Waals surface area (Å²) < 4.78 is 0. The van der Waals surface area contributed by atoms with Crippen molar-refractivity contribution < 1.29 is 4.79 Å². The molecule has 0 aromatic carbocycles. The first-order valence-corrected chi connectivity index (χ1v) is 8.84. The van der Waals surface area contributed by atoms with E-state index in [0.717, 1.165) is 56.4 Å². The van der Waals surface area contributed by atoms with Crippen molar-refractivity contribution in [1.82, 2.24) is 9.88 Å². The van der Waals surface area contributed by atoms with E-state index >= 15 is 0 Å². The quantitative estimate of drug-likeness (QED) is 0.566. The Bertz CT molecular complexity index is 656. The summed E-state index contributed by atoms with van der Waals surface area (Å²) in [7, 11) is 0. The molecule has 2 rings (SSSR count). The zero-order valence-corrected chi connectivity index (χ0v) is 15.1. The predicted octanol–water partition coefficient (Wildman–Crippen LogP) is 4.59. The summed E-state index contributed by atoms with van der Waals surface area (Å²) in [5, 5.41) is 0. The fraction of sp³-hybridized carbons (Fsp3) is 0.429. The Morgan fingerprint density at radius 1 is 1.38 bits per heavy atom. The lowest BCUT2D eigenvalue weighted by Gasteiger charge is -2.19. The molecule has 2 heterocycles. The van der Waals surface area contributed by atoms with Gasteiger partial charge in [-0.2, -0.15) is 0 Å². The Morgan fingerprint density at radius 3 is 2.92 bits per heavy atom.